The number of alkyl halides is 3. The first kappa shape index (κ1) is 21.9. The Labute approximate surface area is 171 Å². The van der Waals surface area contributed by atoms with Crippen molar-refractivity contribution >= 4 is 17.6 Å². The summed E-state index contributed by atoms with van der Waals surface area (Å²) in [5.74, 6) is -5.70. The van der Waals surface area contributed by atoms with Gasteiger partial charge in [0.1, 0.15) is 23.2 Å². The average molecular weight is 439 g/mol. The Morgan fingerprint density at radius 1 is 0.806 bits per heavy atom. The summed E-state index contributed by atoms with van der Waals surface area (Å²) in [6, 6.07) is 7.98. The Hall–Kier alpha value is -3.82. The number of carbonyl (C=O) groups excluding carboxylic acids is 2. The lowest BCUT2D eigenvalue weighted by Crippen LogP contribution is -2.18. The second-order valence-electron chi connectivity index (χ2n) is 6.18. The number of amides is 1. The first-order valence-electron chi connectivity index (χ1n) is 8.50. The summed E-state index contributed by atoms with van der Waals surface area (Å²) < 4.78 is 84.0. The van der Waals surface area contributed by atoms with Crippen LogP contribution in [0.1, 0.15) is 26.3 Å². The molecular weight excluding hydrogens is 428 g/mol. The van der Waals surface area contributed by atoms with Crippen LogP contribution in [0.2, 0.25) is 0 Å². The van der Waals surface area contributed by atoms with Gasteiger partial charge in [-0.15, -0.1) is 0 Å². The minimum atomic E-state index is -4.81. The maximum Gasteiger partial charge on any atom is 0.416 e. The number of ether oxygens (including phenoxy) is 1. The predicted octanol–water partition coefficient (Wildman–Crippen LogP) is 5.59. The molecule has 0 spiro atoms. The summed E-state index contributed by atoms with van der Waals surface area (Å²) in [6.07, 6.45) is -4.81. The van der Waals surface area contributed by atoms with Crippen molar-refractivity contribution in [3.8, 4) is 5.75 Å². The van der Waals surface area contributed by atoms with Gasteiger partial charge in [-0.05, 0) is 54.6 Å². The fourth-order valence-electron chi connectivity index (χ4n) is 2.50. The molecule has 0 aliphatic carbocycles. The summed E-state index contributed by atoms with van der Waals surface area (Å²) in [7, 11) is 0. The highest BCUT2D eigenvalue weighted by atomic mass is 19.4. The molecule has 160 valence electrons. The zero-order valence-corrected chi connectivity index (χ0v) is 15.3. The number of halogens is 6. The van der Waals surface area contributed by atoms with Crippen LogP contribution in [-0.2, 0) is 6.18 Å². The van der Waals surface area contributed by atoms with Gasteiger partial charge in [-0.2, -0.15) is 13.2 Å². The number of anilines is 1. The number of carbonyl (C=O) groups is 2. The number of rotatable bonds is 4. The van der Waals surface area contributed by atoms with Crippen LogP contribution in [0.4, 0.5) is 32.0 Å². The molecule has 0 atom stereocenters. The average Bonchev–Trinajstić information content (AvgIpc) is 2.69. The van der Waals surface area contributed by atoms with Crippen LogP contribution >= 0.6 is 0 Å². The van der Waals surface area contributed by atoms with Gasteiger partial charge < -0.3 is 10.1 Å². The third kappa shape index (κ3) is 5.21. The predicted molar refractivity (Wildman–Crippen MR) is 97.1 cm³/mol. The van der Waals surface area contributed by atoms with Crippen molar-refractivity contribution in [3.05, 3.63) is 94.8 Å². The Balaban J connectivity index is 1.96. The molecule has 0 bridgehead atoms. The second-order valence-corrected chi connectivity index (χ2v) is 6.18. The van der Waals surface area contributed by atoms with Gasteiger partial charge in [-0.1, -0.05) is 0 Å². The lowest BCUT2D eigenvalue weighted by molar-refractivity contribution is -0.137. The standard InChI is InChI=1S/C21H11F6NO3/c22-13-4-1-11(2-5-13)20(30)31-18-9-12(21(25,26)27)3-7-15(18)19(29)28-17-8-6-14(23)10-16(17)24/h1-10H,(H,28,29). The molecule has 0 unspecified atom stereocenters. The first-order valence-corrected chi connectivity index (χ1v) is 8.50. The van der Waals surface area contributed by atoms with Crippen molar-refractivity contribution in [1.82, 2.24) is 0 Å². The highest BCUT2D eigenvalue weighted by Crippen LogP contribution is 2.34. The Morgan fingerprint density at radius 2 is 1.45 bits per heavy atom. The van der Waals surface area contributed by atoms with Crippen molar-refractivity contribution in [1.29, 1.82) is 0 Å². The van der Waals surface area contributed by atoms with Crippen LogP contribution in [0.25, 0.3) is 0 Å². The van der Waals surface area contributed by atoms with Gasteiger partial charge in [0, 0.05) is 6.07 Å². The van der Waals surface area contributed by atoms with Crippen LogP contribution in [-0.4, -0.2) is 11.9 Å². The maximum absolute atomic E-state index is 13.8. The molecule has 0 radical (unpaired) electrons. The largest absolute Gasteiger partial charge is 0.422 e. The lowest BCUT2D eigenvalue weighted by atomic mass is 10.1. The topological polar surface area (TPSA) is 55.4 Å². The van der Waals surface area contributed by atoms with E-state index in [4.69, 9.17) is 4.74 Å². The molecule has 10 heteroatoms. The minimum absolute atomic E-state index is 0.185. The fourth-order valence-corrected chi connectivity index (χ4v) is 2.50. The number of nitrogens with one attached hydrogen (secondary N) is 1. The normalized spacial score (nSPS) is 11.2. The quantitative estimate of drug-likeness (QED) is 0.327. The van der Waals surface area contributed by atoms with E-state index in [9.17, 15) is 35.9 Å². The van der Waals surface area contributed by atoms with E-state index in [1.807, 2.05) is 0 Å². The molecule has 1 amide bonds. The number of hydrogen-bond donors (Lipinski definition) is 1. The highest BCUT2D eigenvalue weighted by molar-refractivity contribution is 6.07. The monoisotopic (exact) mass is 439 g/mol. The Kier molecular flexibility index (Phi) is 6.00. The lowest BCUT2D eigenvalue weighted by Gasteiger charge is -2.14. The van der Waals surface area contributed by atoms with E-state index in [0.29, 0.717) is 18.2 Å². The summed E-state index contributed by atoms with van der Waals surface area (Å²) in [5.41, 5.74) is -2.36. The molecule has 0 aromatic heterocycles. The number of hydrogen-bond acceptors (Lipinski definition) is 3. The molecule has 0 aliphatic heterocycles. The fraction of sp³-hybridized carbons (Fsp3) is 0.0476. The molecule has 3 aromatic carbocycles. The SMILES string of the molecule is O=C(Oc1cc(C(F)(F)F)ccc1C(=O)Nc1ccc(F)cc1F)c1ccc(F)cc1. The highest BCUT2D eigenvalue weighted by Gasteiger charge is 2.32. The van der Waals surface area contributed by atoms with Gasteiger partial charge in [-0.25, -0.2) is 18.0 Å². The van der Waals surface area contributed by atoms with E-state index < -0.39 is 58.1 Å². The van der Waals surface area contributed by atoms with E-state index in [-0.39, 0.29) is 5.56 Å². The molecule has 3 rings (SSSR count). The molecule has 0 fully saturated rings. The molecule has 4 nitrogen and oxygen atoms in total. The Bertz CT molecular complexity index is 1140. The van der Waals surface area contributed by atoms with Crippen molar-refractivity contribution in [2.45, 2.75) is 6.18 Å². The van der Waals surface area contributed by atoms with E-state index in [2.05, 4.69) is 5.32 Å². The number of benzene rings is 3. The van der Waals surface area contributed by atoms with Crippen molar-refractivity contribution in [2.24, 2.45) is 0 Å². The van der Waals surface area contributed by atoms with Crippen LogP contribution in [0.15, 0.2) is 60.7 Å². The van der Waals surface area contributed by atoms with Crippen molar-refractivity contribution in [2.75, 3.05) is 5.32 Å². The third-order valence-corrected chi connectivity index (χ3v) is 4.02. The summed E-state index contributed by atoms with van der Waals surface area (Å²) >= 11 is 0. The first-order chi connectivity index (χ1) is 14.5. The summed E-state index contributed by atoms with van der Waals surface area (Å²) in [5, 5.41) is 2.07. The van der Waals surface area contributed by atoms with E-state index >= 15 is 0 Å². The van der Waals surface area contributed by atoms with Gasteiger partial charge in [-0.3, -0.25) is 4.79 Å². The van der Waals surface area contributed by atoms with Gasteiger partial charge in [0.25, 0.3) is 5.91 Å². The van der Waals surface area contributed by atoms with Crippen LogP contribution in [0.3, 0.4) is 0 Å². The Morgan fingerprint density at radius 3 is 2.06 bits per heavy atom. The van der Waals surface area contributed by atoms with Gasteiger partial charge >= 0.3 is 12.1 Å². The molecule has 0 aliphatic rings. The van der Waals surface area contributed by atoms with E-state index in [1.54, 1.807) is 0 Å². The van der Waals surface area contributed by atoms with Crippen LogP contribution in [0, 0.1) is 17.5 Å². The molecule has 0 heterocycles. The van der Waals surface area contributed by atoms with Crippen LogP contribution < -0.4 is 10.1 Å². The summed E-state index contributed by atoms with van der Waals surface area (Å²) in [6.45, 7) is 0. The van der Waals surface area contributed by atoms with E-state index in [1.165, 1.54) is 0 Å². The zero-order chi connectivity index (χ0) is 22.8. The van der Waals surface area contributed by atoms with Gasteiger partial charge in [0.15, 0.2) is 0 Å². The molecule has 0 saturated carbocycles. The second kappa shape index (κ2) is 8.50. The van der Waals surface area contributed by atoms with Crippen molar-refractivity contribution in [3.63, 3.8) is 0 Å². The molecule has 3 aromatic rings. The third-order valence-electron chi connectivity index (χ3n) is 4.02. The van der Waals surface area contributed by atoms with E-state index in [0.717, 1.165) is 42.5 Å². The smallest absolute Gasteiger partial charge is 0.416 e. The molecule has 31 heavy (non-hydrogen) atoms. The number of esters is 1. The van der Waals surface area contributed by atoms with Gasteiger partial charge in [0.05, 0.1) is 22.4 Å². The zero-order valence-electron chi connectivity index (χ0n) is 15.3. The van der Waals surface area contributed by atoms with Gasteiger partial charge in [0.2, 0.25) is 0 Å². The molecular formula is C21H11F6NO3. The molecule has 0 saturated heterocycles. The minimum Gasteiger partial charge on any atom is -0.422 e. The molecule has 1 N–H and O–H groups in total. The summed E-state index contributed by atoms with van der Waals surface area (Å²) in [4.78, 5) is 24.8. The van der Waals surface area contributed by atoms with Crippen molar-refractivity contribution < 1.29 is 40.7 Å². The maximum atomic E-state index is 13.8. The van der Waals surface area contributed by atoms with Crippen LogP contribution in [0.5, 0.6) is 5.75 Å².